The molecule has 0 bridgehead atoms. The van der Waals surface area contributed by atoms with Gasteiger partial charge in [-0.25, -0.2) is 14.8 Å². The van der Waals surface area contributed by atoms with Crippen LogP contribution in [0.1, 0.15) is 10.4 Å². The van der Waals surface area contributed by atoms with Crippen LogP contribution in [0.5, 0.6) is 0 Å². The molecule has 0 atom stereocenters. The Hall–Kier alpha value is -2.48. The van der Waals surface area contributed by atoms with Gasteiger partial charge in [-0.3, -0.25) is 4.79 Å². The Labute approximate surface area is 153 Å². The molecule has 0 saturated carbocycles. The van der Waals surface area contributed by atoms with Gasteiger partial charge in [-0.1, -0.05) is 12.1 Å². The molecule has 1 amide bonds. The predicted octanol–water partition coefficient (Wildman–Crippen LogP) is 1.74. The second-order valence-electron chi connectivity index (χ2n) is 5.47. The zero-order valence-corrected chi connectivity index (χ0v) is 15.1. The Morgan fingerprint density at radius 2 is 1.72 bits per heavy atom. The van der Waals surface area contributed by atoms with Crippen molar-refractivity contribution in [1.82, 2.24) is 14.9 Å². The highest BCUT2D eigenvalue weighted by atomic mass is 79.9. The van der Waals surface area contributed by atoms with Crippen molar-refractivity contribution in [3.63, 3.8) is 0 Å². The first-order valence-corrected chi connectivity index (χ1v) is 8.66. The third-order valence-electron chi connectivity index (χ3n) is 3.89. The fourth-order valence-electron chi connectivity index (χ4n) is 2.53. The Morgan fingerprint density at radius 1 is 1.04 bits per heavy atom. The van der Waals surface area contributed by atoms with E-state index >= 15 is 0 Å². The molecule has 25 heavy (non-hydrogen) atoms. The molecule has 1 aromatic carbocycles. The Balaban J connectivity index is 1.48. The van der Waals surface area contributed by atoms with E-state index in [4.69, 9.17) is 4.74 Å². The van der Waals surface area contributed by atoms with Crippen LogP contribution in [0, 0.1) is 0 Å². The van der Waals surface area contributed by atoms with Crippen LogP contribution in [-0.4, -0.2) is 59.5 Å². The van der Waals surface area contributed by atoms with E-state index in [1.165, 1.54) is 0 Å². The largest absolute Gasteiger partial charge is 0.452 e. The van der Waals surface area contributed by atoms with Gasteiger partial charge < -0.3 is 14.5 Å². The first kappa shape index (κ1) is 17.3. The maximum atomic E-state index is 12.2. The summed E-state index contributed by atoms with van der Waals surface area (Å²) in [7, 11) is 0. The smallest absolute Gasteiger partial charge is 0.339 e. The number of benzene rings is 1. The van der Waals surface area contributed by atoms with Crippen LogP contribution in [0.4, 0.5) is 5.95 Å². The number of aromatic nitrogens is 2. The molecule has 2 heterocycles. The number of anilines is 1. The number of carbonyl (C=O) groups excluding carboxylic acids is 2. The summed E-state index contributed by atoms with van der Waals surface area (Å²) in [6.07, 6.45) is 3.39. The number of nitrogens with zero attached hydrogens (tertiary/aromatic N) is 4. The molecule has 1 aliphatic heterocycles. The first-order chi connectivity index (χ1) is 12.1. The average Bonchev–Trinajstić information content (AvgIpc) is 2.67. The van der Waals surface area contributed by atoms with Crippen molar-refractivity contribution in [2.75, 3.05) is 37.7 Å². The van der Waals surface area contributed by atoms with Crippen molar-refractivity contribution < 1.29 is 14.3 Å². The topological polar surface area (TPSA) is 75.6 Å². The number of halogens is 1. The minimum Gasteiger partial charge on any atom is -0.452 e. The predicted molar refractivity (Wildman–Crippen MR) is 95.2 cm³/mol. The number of amides is 1. The van der Waals surface area contributed by atoms with E-state index in [1.54, 1.807) is 41.6 Å². The number of hydrogen-bond donors (Lipinski definition) is 0. The number of carbonyl (C=O) groups is 2. The Kier molecular flexibility index (Phi) is 5.60. The van der Waals surface area contributed by atoms with Gasteiger partial charge in [-0.2, -0.15) is 0 Å². The lowest BCUT2D eigenvalue weighted by atomic mass is 10.2. The lowest BCUT2D eigenvalue weighted by molar-refractivity contribution is -0.134. The molecule has 1 aromatic heterocycles. The number of hydrogen-bond acceptors (Lipinski definition) is 6. The fraction of sp³-hybridized carbons (Fsp3) is 0.294. The van der Waals surface area contributed by atoms with Crippen molar-refractivity contribution in [3.05, 3.63) is 52.8 Å². The molecule has 1 fully saturated rings. The third-order valence-corrected chi connectivity index (χ3v) is 4.58. The molecule has 0 spiro atoms. The van der Waals surface area contributed by atoms with Crippen LogP contribution in [0.25, 0.3) is 0 Å². The second kappa shape index (κ2) is 8.06. The maximum Gasteiger partial charge on any atom is 0.339 e. The van der Waals surface area contributed by atoms with Gasteiger partial charge in [0.2, 0.25) is 5.95 Å². The van der Waals surface area contributed by atoms with Gasteiger partial charge in [0.25, 0.3) is 5.91 Å². The first-order valence-electron chi connectivity index (χ1n) is 7.86. The van der Waals surface area contributed by atoms with Crippen LogP contribution in [-0.2, 0) is 9.53 Å². The van der Waals surface area contributed by atoms with E-state index < -0.39 is 5.97 Å². The molecule has 0 radical (unpaired) electrons. The van der Waals surface area contributed by atoms with Crippen molar-refractivity contribution in [1.29, 1.82) is 0 Å². The van der Waals surface area contributed by atoms with E-state index in [0.717, 1.165) is 0 Å². The number of ether oxygens (including phenoxy) is 1. The summed E-state index contributed by atoms with van der Waals surface area (Å²) < 4.78 is 5.78. The molecule has 1 aliphatic rings. The lowest BCUT2D eigenvalue weighted by Crippen LogP contribution is -2.50. The van der Waals surface area contributed by atoms with Crippen molar-refractivity contribution >= 4 is 33.8 Å². The Bertz CT molecular complexity index is 749. The van der Waals surface area contributed by atoms with E-state index in [-0.39, 0.29) is 12.5 Å². The summed E-state index contributed by atoms with van der Waals surface area (Å²) >= 11 is 3.30. The second-order valence-corrected chi connectivity index (χ2v) is 6.33. The molecule has 0 N–H and O–H groups in total. The molecular weight excluding hydrogens is 388 g/mol. The normalized spacial score (nSPS) is 14.3. The molecule has 7 nitrogen and oxygen atoms in total. The summed E-state index contributed by atoms with van der Waals surface area (Å²) in [6, 6.07) is 8.72. The van der Waals surface area contributed by atoms with Gasteiger partial charge >= 0.3 is 5.97 Å². The van der Waals surface area contributed by atoms with Gasteiger partial charge in [0, 0.05) is 43.0 Å². The number of esters is 1. The van der Waals surface area contributed by atoms with Crippen LogP contribution >= 0.6 is 15.9 Å². The van der Waals surface area contributed by atoms with Crippen LogP contribution < -0.4 is 4.90 Å². The minimum absolute atomic E-state index is 0.200. The highest BCUT2D eigenvalue weighted by molar-refractivity contribution is 9.10. The molecule has 8 heteroatoms. The van der Waals surface area contributed by atoms with Gasteiger partial charge in [0.1, 0.15) is 0 Å². The summed E-state index contributed by atoms with van der Waals surface area (Å²) in [5.74, 6) is -0.0545. The quantitative estimate of drug-likeness (QED) is 0.722. The lowest BCUT2D eigenvalue weighted by Gasteiger charge is -2.34. The molecule has 2 aromatic rings. The fourth-order valence-corrected chi connectivity index (χ4v) is 2.98. The van der Waals surface area contributed by atoms with E-state index in [9.17, 15) is 9.59 Å². The summed E-state index contributed by atoms with van der Waals surface area (Å²) in [4.78, 5) is 36.4. The molecular formula is C17H17BrN4O3. The molecule has 1 saturated heterocycles. The highest BCUT2D eigenvalue weighted by Crippen LogP contribution is 2.17. The summed E-state index contributed by atoms with van der Waals surface area (Å²) in [5, 5.41) is 0. The molecule has 0 unspecified atom stereocenters. The van der Waals surface area contributed by atoms with Gasteiger partial charge in [0.15, 0.2) is 6.61 Å². The summed E-state index contributed by atoms with van der Waals surface area (Å²) in [6.45, 7) is 2.12. The SMILES string of the molecule is O=C(OCC(=O)N1CCN(c2ncccn2)CC1)c1ccccc1Br. The van der Waals surface area contributed by atoms with Gasteiger partial charge in [-0.05, 0) is 34.1 Å². The van der Waals surface area contributed by atoms with Crippen molar-refractivity contribution in [2.24, 2.45) is 0 Å². The van der Waals surface area contributed by atoms with Crippen LogP contribution in [0.3, 0.4) is 0 Å². The summed E-state index contributed by atoms with van der Waals surface area (Å²) in [5.41, 5.74) is 0.404. The zero-order chi connectivity index (χ0) is 17.6. The molecule has 0 aliphatic carbocycles. The Morgan fingerprint density at radius 3 is 2.40 bits per heavy atom. The zero-order valence-electron chi connectivity index (χ0n) is 13.5. The van der Waals surface area contributed by atoms with E-state index in [1.807, 2.05) is 11.0 Å². The van der Waals surface area contributed by atoms with Gasteiger partial charge in [-0.15, -0.1) is 0 Å². The van der Waals surface area contributed by atoms with Crippen LogP contribution in [0.2, 0.25) is 0 Å². The number of piperazine rings is 1. The minimum atomic E-state index is -0.517. The average molecular weight is 405 g/mol. The van der Waals surface area contributed by atoms with E-state index in [2.05, 4.69) is 25.9 Å². The third kappa shape index (κ3) is 4.33. The van der Waals surface area contributed by atoms with Crippen molar-refractivity contribution in [3.8, 4) is 0 Å². The standard InChI is InChI=1S/C17H17BrN4O3/c18-14-5-2-1-4-13(14)16(24)25-12-15(23)21-8-10-22(11-9-21)17-19-6-3-7-20-17/h1-7H,8-12H2. The number of rotatable bonds is 4. The maximum absolute atomic E-state index is 12.2. The van der Waals surface area contributed by atoms with E-state index in [0.29, 0.717) is 42.2 Å². The van der Waals surface area contributed by atoms with Crippen LogP contribution in [0.15, 0.2) is 47.2 Å². The van der Waals surface area contributed by atoms with Gasteiger partial charge in [0.05, 0.1) is 5.56 Å². The monoisotopic (exact) mass is 404 g/mol. The molecule has 130 valence electrons. The van der Waals surface area contributed by atoms with Crippen molar-refractivity contribution in [2.45, 2.75) is 0 Å². The molecule has 3 rings (SSSR count). The highest BCUT2D eigenvalue weighted by Gasteiger charge is 2.23.